The Bertz CT molecular complexity index is 1110. The molecule has 1 aromatic heterocycles. The molecule has 0 aliphatic carbocycles. The van der Waals surface area contributed by atoms with Crippen molar-refractivity contribution < 1.29 is 14.4 Å². The van der Waals surface area contributed by atoms with Crippen LogP contribution in [0.3, 0.4) is 0 Å². The standard InChI is InChI=1S/C24H28N4O3/c1-31-21-11-5-3-9-18(21)20(28-14-6-7-15-28)16-25-23(29)13-12-22-26-19-10-4-2-8-17(19)24(30)27-22/h2-5,8-11,20H,6-7,12-16H2,1H3,(H,25,29)(H,26,27,30)/p+1/t20-/m1/s1. The molecule has 1 aliphatic rings. The van der Waals surface area contributed by atoms with E-state index in [0.29, 0.717) is 29.7 Å². The molecule has 162 valence electrons. The minimum absolute atomic E-state index is 0.0469. The quantitative estimate of drug-likeness (QED) is 0.513. The van der Waals surface area contributed by atoms with E-state index in [4.69, 9.17) is 4.74 Å². The lowest BCUT2D eigenvalue weighted by Gasteiger charge is -2.26. The lowest BCUT2D eigenvalue weighted by Crippen LogP contribution is -3.11. The maximum absolute atomic E-state index is 12.6. The summed E-state index contributed by atoms with van der Waals surface area (Å²) in [5.74, 6) is 1.35. The van der Waals surface area contributed by atoms with Gasteiger partial charge in [-0.25, -0.2) is 4.98 Å². The molecule has 0 unspecified atom stereocenters. The zero-order valence-corrected chi connectivity index (χ0v) is 17.8. The number of nitrogens with zero attached hydrogens (tertiary/aromatic N) is 1. The van der Waals surface area contributed by atoms with E-state index in [1.807, 2.05) is 36.4 Å². The van der Waals surface area contributed by atoms with Crippen LogP contribution >= 0.6 is 0 Å². The third kappa shape index (κ3) is 4.94. The summed E-state index contributed by atoms with van der Waals surface area (Å²) in [7, 11) is 1.69. The Kier molecular flexibility index (Phi) is 6.62. The molecule has 0 saturated carbocycles. The zero-order chi connectivity index (χ0) is 21.6. The fourth-order valence-corrected chi connectivity index (χ4v) is 4.40. The monoisotopic (exact) mass is 421 g/mol. The van der Waals surface area contributed by atoms with Crippen molar-refractivity contribution in [2.24, 2.45) is 0 Å². The van der Waals surface area contributed by atoms with Gasteiger partial charge >= 0.3 is 0 Å². The fourth-order valence-electron chi connectivity index (χ4n) is 4.40. The highest BCUT2D eigenvalue weighted by molar-refractivity contribution is 5.78. The van der Waals surface area contributed by atoms with Gasteiger partial charge < -0.3 is 19.9 Å². The molecule has 3 aromatic rings. The maximum Gasteiger partial charge on any atom is 0.258 e. The van der Waals surface area contributed by atoms with Gasteiger partial charge in [0.25, 0.3) is 5.56 Å². The molecule has 1 saturated heterocycles. The Morgan fingerprint density at radius 3 is 2.71 bits per heavy atom. The first kappa shape index (κ1) is 21.1. The highest BCUT2D eigenvalue weighted by Gasteiger charge is 2.29. The average molecular weight is 422 g/mol. The van der Waals surface area contributed by atoms with Gasteiger partial charge in [-0.2, -0.15) is 0 Å². The summed E-state index contributed by atoms with van der Waals surface area (Å²) in [6.07, 6.45) is 3.07. The van der Waals surface area contributed by atoms with E-state index < -0.39 is 0 Å². The molecule has 4 rings (SSSR count). The molecule has 7 nitrogen and oxygen atoms in total. The van der Waals surface area contributed by atoms with Gasteiger partial charge in [-0.3, -0.25) is 9.59 Å². The Balaban J connectivity index is 1.41. The maximum atomic E-state index is 12.6. The second-order valence-corrected chi connectivity index (χ2v) is 7.99. The number of benzene rings is 2. The van der Waals surface area contributed by atoms with E-state index in [2.05, 4.69) is 21.4 Å². The van der Waals surface area contributed by atoms with E-state index in [0.717, 1.165) is 24.4 Å². The number of fused-ring (bicyclic) bond motifs is 1. The van der Waals surface area contributed by atoms with Crippen LogP contribution in [0.1, 0.15) is 36.7 Å². The summed E-state index contributed by atoms with van der Waals surface area (Å²) < 4.78 is 5.58. The van der Waals surface area contributed by atoms with Crippen LogP contribution in [-0.2, 0) is 11.2 Å². The molecule has 2 heterocycles. The van der Waals surface area contributed by atoms with Crippen molar-refractivity contribution in [2.75, 3.05) is 26.7 Å². The van der Waals surface area contributed by atoms with Crippen molar-refractivity contribution >= 4 is 16.8 Å². The van der Waals surface area contributed by atoms with Crippen molar-refractivity contribution in [2.45, 2.75) is 31.7 Å². The number of hydrogen-bond acceptors (Lipinski definition) is 4. The Morgan fingerprint density at radius 1 is 1.16 bits per heavy atom. The van der Waals surface area contributed by atoms with Crippen molar-refractivity contribution in [1.82, 2.24) is 15.3 Å². The number of amides is 1. The number of aromatic amines is 1. The number of aryl methyl sites for hydroxylation is 1. The van der Waals surface area contributed by atoms with Crippen molar-refractivity contribution in [3.8, 4) is 5.75 Å². The second-order valence-electron chi connectivity index (χ2n) is 7.99. The summed E-state index contributed by atoms with van der Waals surface area (Å²) >= 11 is 0. The van der Waals surface area contributed by atoms with Crippen molar-refractivity contribution in [3.05, 3.63) is 70.3 Å². The van der Waals surface area contributed by atoms with Crippen LogP contribution in [-0.4, -0.2) is 42.6 Å². The fraction of sp³-hybridized carbons (Fsp3) is 0.375. The largest absolute Gasteiger partial charge is 0.496 e. The number of nitrogens with one attached hydrogen (secondary N) is 3. The second kappa shape index (κ2) is 9.75. The highest BCUT2D eigenvalue weighted by atomic mass is 16.5. The zero-order valence-electron chi connectivity index (χ0n) is 17.8. The van der Waals surface area contributed by atoms with Crippen LogP contribution in [0.15, 0.2) is 53.3 Å². The van der Waals surface area contributed by atoms with Crippen molar-refractivity contribution in [1.29, 1.82) is 0 Å². The van der Waals surface area contributed by atoms with Gasteiger partial charge in [0.1, 0.15) is 17.6 Å². The molecule has 1 atom stereocenters. The van der Waals surface area contributed by atoms with E-state index in [1.54, 1.807) is 13.2 Å². The van der Waals surface area contributed by atoms with Crippen LogP contribution < -0.4 is 20.5 Å². The van der Waals surface area contributed by atoms with E-state index in [9.17, 15) is 9.59 Å². The van der Waals surface area contributed by atoms with Gasteiger partial charge in [0.2, 0.25) is 5.91 Å². The average Bonchev–Trinajstić information content (AvgIpc) is 3.33. The van der Waals surface area contributed by atoms with Crippen LogP contribution in [0, 0.1) is 0 Å². The summed E-state index contributed by atoms with van der Waals surface area (Å²) in [6, 6.07) is 15.4. The van der Waals surface area contributed by atoms with Crippen molar-refractivity contribution in [3.63, 3.8) is 0 Å². The molecule has 1 aliphatic heterocycles. The third-order valence-electron chi connectivity index (χ3n) is 6.01. The summed E-state index contributed by atoms with van der Waals surface area (Å²) in [6.45, 7) is 2.75. The number of H-pyrrole nitrogens is 1. The Labute approximate surface area is 181 Å². The molecule has 0 bridgehead atoms. The number of carbonyl (C=O) groups excluding carboxylic acids is 1. The minimum atomic E-state index is -0.171. The van der Waals surface area contributed by atoms with Gasteiger partial charge in [-0.05, 0) is 24.3 Å². The molecular formula is C24H29N4O3+. The van der Waals surface area contributed by atoms with Crippen LogP contribution in [0.5, 0.6) is 5.75 Å². The molecule has 7 heteroatoms. The van der Waals surface area contributed by atoms with E-state index >= 15 is 0 Å². The smallest absolute Gasteiger partial charge is 0.258 e. The third-order valence-corrected chi connectivity index (χ3v) is 6.01. The summed E-state index contributed by atoms with van der Waals surface area (Å²) in [5.41, 5.74) is 1.60. The summed E-state index contributed by atoms with van der Waals surface area (Å²) in [5, 5.41) is 3.66. The lowest BCUT2D eigenvalue weighted by molar-refractivity contribution is -0.918. The predicted molar refractivity (Wildman–Crippen MR) is 119 cm³/mol. The Morgan fingerprint density at radius 2 is 1.90 bits per heavy atom. The normalized spacial score (nSPS) is 15.1. The molecule has 1 amide bonds. The first-order valence-corrected chi connectivity index (χ1v) is 10.9. The molecule has 31 heavy (non-hydrogen) atoms. The summed E-state index contributed by atoms with van der Waals surface area (Å²) in [4.78, 5) is 33.6. The van der Waals surface area contributed by atoms with E-state index in [-0.39, 0.29) is 23.9 Å². The molecule has 1 fully saturated rings. The van der Waals surface area contributed by atoms with Gasteiger partial charge in [-0.1, -0.05) is 24.3 Å². The number of carbonyl (C=O) groups is 1. The van der Waals surface area contributed by atoms with Crippen LogP contribution in [0.25, 0.3) is 10.9 Å². The highest BCUT2D eigenvalue weighted by Crippen LogP contribution is 2.23. The number of quaternary nitrogens is 1. The van der Waals surface area contributed by atoms with Crippen LogP contribution in [0.2, 0.25) is 0 Å². The number of likely N-dealkylation sites (tertiary alicyclic amines) is 1. The lowest BCUT2D eigenvalue weighted by atomic mass is 10.0. The van der Waals surface area contributed by atoms with Gasteiger partial charge in [-0.15, -0.1) is 0 Å². The minimum Gasteiger partial charge on any atom is -0.496 e. The number of rotatable bonds is 8. The number of aromatic nitrogens is 2. The van der Waals surface area contributed by atoms with Crippen LogP contribution in [0.4, 0.5) is 0 Å². The molecule has 2 aromatic carbocycles. The first-order chi connectivity index (χ1) is 15.2. The number of ether oxygens (including phenoxy) is 1. The topological polar surface area (TPSA) is 88.5 Å². The first-order valence-electron chi connectivity index (χ1n) is 10.9. The number of hydrogen-bond donors (Lipinski definition) is 3. The molecule has 0 radical (unpaired) electrons. The van der Waals surface area contributed by atoms with Gasteiger partial charge in [0.15, 0.2) is 0 Å². The predicted octanol–water partition coefficient (Wildman–Crippen LogP) is 1.40. The number of para-hydroxylation sites is 2. The SMILES string of the molecule is COc1ccccc1[C@@H](CNC(=O)CCc1nc2ccccc2c(=O)[nH]1)[NH+]1CCCC1. The molecule has 3 N–H and O–H groups in total. The van der Waals surface area contributed by atoms with E-state index in [1.165, 1.54) is 17.7 Å². The molecular weight excluding hydrogens is 392 g/mol. The molecule has 0 spiro atoms. The number of methoxy groups -OCH3 is 1. The van der Waals surface area contributed by atoms with Gasteiger partial charge in [0, 0.05) is 25.7 Å². The Hall–Kier alpha value is -3.19. The van der Waals surface area contributed by atoms with Gasteiger partial charge in [0.05, 0.1) is 43.2 Å².